The molecule has 1 aromatic rings. The van der Waals surface area contributed by atoms with Crippen LogP contribution in [0.3, 0.4) is 0 Å². The van der Waals surface area contributed by atoms with Crippen LogP contribution in [0.15, 0.2) is 35.2 Å². The maximum Gasteiger partial charge on any atom is 0.139 e. The largest absolute Gasteiger partial charge is 0.299 e. The first kappa shape index (κ1) is 12.3. The molecule has 0 bridgehead atoms. The zero-order valence-electron chi connectivity index (χ0n) is 10.7. The Bertz CT molecular complexity index is 424. The second kappa shape index (κ2) is 5.08. The van der Waals surface area contributed by atoms with Crippen LogP contribution in [0.5, 0.6) is 0 Å². The molecule has 2 unspecified atom stereocenters. The molecule has 0 radical (unpaired) electrons. The summed E-state index contributed by atoms with van der Waals surface area (Å²) in [6.45, 7) is 0. The van der Waals surface area contributed by atoms with Crippen LogP contribution < -0.4 is 0 Å². The molecule has 18 heavy (non-hydrogen) atoms. The zero-order chi connectivity index (χ0) is 12.4. The van der Waals surface area contributed by atoms with Crippen molar-refractivity contribution < 1.29 is 4.79 Å². The van der Waals surface area contributed by atoms with E-state index in [0.29, 0.717) is 11.7 Å². The summed E-state index contributed by atoms with van der Waals surface area (Å²) < 4.78 is 0. The maximum atomic E-state index is 12.2. The summed E-state index contributed by atoms with van der Waals surface area (Å²) in [4.78, 5) is 13.5. The van der Waals surface area contributed by atoms with Gasteiger partial charge in [-0.2, -0.15) is 0 Å². The number of benzene rings is 1. The van der Waals surface area contributed by atoms with Gasteiger partial charge < -0.3 is 0 Å². The van der Waals surface area contributed by atoms with Crippen molar-refractivity contribution in [3.63, 3.8) is 0 Å². The third kappa shape index (κ3) is 2.11. The van der Waals surface area contributed by atoms with Crippen molar-refractivity contribution in [3.8, 4) is 0 Å². The lowest BCUT2D eigenvalue weighted by Gasteiger charge is -2.29. The van der Waals surface area contributed by atoms with Crippen LogP contribution in [-0.2, 0) is 4.79 Å². The van der Waals surface area contributed by atoms with Gasteiger partial charge in [-0.15, -0.1) is 11.8 Å². The summed E-state index contributed by atoms with van der Waals surface area (Å²) in [7, 11) is 0. The van der Waals surface area contributed by atoms with E-state index in [0.717, 1.165) is 31.4 Å². The fraction of sp³-hybridized carbons (Fsp3) is 0.562. The van der Waals surface area contributed by atoms with Crippen LogP contribution in [-0.4, -0.2) is 11.5 Å². The second-order valence-electron chi connectivity index (χ2n) is 5.65. The van der Waals surface area contributed by atoms with Gasteiger partial charge in [0, 0.05) is 22.5 Å². The van der Waals surface area contributed by atoms with Crippen LogP contribution in [0.25, 0.3) is 0 Å². The standard InChI is InChI=1S/C16H20OS/c17-15-9-5-11-16(15)10-4-6-13(16)12-18-14-7-2-1-3-8-14/h1-3,7-8,13H,4-6,9-12H2. The predicted molar refractivity (Wildman–Crippen MR) is 75.8 cm³/mol. The number of carbonyl (C=O) groups excluding carboxylic acids is 1. The van der Waals surface area contributed by atoms with Crippen LogP contribution in [0, 0.1) is 11.3 Å². The number of ketones is 1. The smallest absolute Gasteiger partial charge is 0.139 e. The fourth-order valence-electron chi connectivity index (χ4n) is 3.75. The van der Waals surface area contributed by atoms with E-state index in [1.165, 1.54) is 17.7 Å². The summed E-state index contributed by atoms with van der Waals surface area (Å²) in [5, 5.41) is 0. The fourth-order valence-corrected chi connectivity index (χ4v) is 4.98. The average Bonchev–Trinajstić information content (AvgIpc) is 2.97. The molecule has 1 aromatic carbocycles. The second-order valence-corrected chi connectivity index (χ2v) is 6.74. The van der Waals surface area contributed by atoms with E-state index in [4.69, 9.17) is 0 Å². The van der Waals surface area contributed by atoms with E-state index >= 15 is 0 Å². The van der Waals surface area contributed by atoms with Crippen molar-refractivity contribution in [1.82, 2.24) is 0 Å². The number of Topliss-reactive ketones (excluding diaryl/α,β-unsaturated/α-hetero) is 1. The van der Waals surface area contributed by atoms with Crippen molar-refractivity contribution in [2.24, 2.45) is 11.3 Å². The molecule has 1 spiro atoms. The van der Waals surface area contributed by atoms with Crippen molar-refractivity contribution in [1.29, 1.82) is 0 Å². The SMILES string of the molecule is O=C1CCCC12CCCC2CSc1ccccc1. The predicted octanol–water partition coefficient (Wildman–Crippen LogP) is 4.32. The van der Waals surface area contributed by atoms with Gasteiger partial charge in [0.15, 0.2) is 0 Å². The quantitative estimate of drug-likeness (QED) is 0.753. The highest BCUT2D eigenvalue weighted by Gasteiger charge is 2.50. The molecule has 2 saturated carbocycles. The molecule has 2 heteroatoms. The van der Waals surface area contributed by atoms with E-state index in [1.807, 2.05) is 11.8 Å². The molecular formula is C16H20OS. The minimum atomic E-state index is 0.0851. The Hall–Kier alpha value is -0.760. The molecule has 0 aliphatic heterocycles. The molecule has 0 aromatic heterocycles. The highest BCUT2D eigenvalue weighted by molar-refractivity contribution is 7.99. The van der Waals surface area contributed by atoms with E-state index in [-0.39, 0.29) is 5.41 Å². The molecule has 0 saturated heterocycles. The first-order chi connectivity index (χ1) is 8.81. The average molecular weight is 260 g/mol. The van der Waals surface area contributed by atoms with E-state index in [1.54, 1.807) is 0 Å². The van der Waals surface area contributed by atoms with Gasteiger partial charge in [-0.3, -0.25) is 4.79 Å². The topological polar surface area (TPSA) is 17.1 Å². The van der Waals surface area contributed by atoms with Gasteiger partial charge in [-0.25, -0.2) is 0 Å². The lowest BCUT2D eigenvalue weighted by molar-refractivity contribution is -0.127. The van der Waals surface area contributed by atoms with Gasteiger partial charge in [0.2, 0.25) is 0 Å². The molecule has 0 amide bonds. The zero-order valence-corrected chi connectivity index (χ0v) is 11.5. The van der Waals surface area contributed by atoms with Crippen LogP contribution in [0.2, 0.25) is 0 Å². The molecule has 2 aliphatic rings. The van der Waals surface area contributed by atoms with Gasteiger partial charge in [0.05, 0.1) is 0 Å². The van der Waals surface area contributed by atoms with Gasteiger partial charge in [0.1, 0.15) is 5.78 Å². The Kier molecular flexibility index (Phi) is 3.47. The molecular weight excluding hydrogens is 240 g/mol. The van der Waals surface area contributed by atoms with E-state index in [9.17, 15) is 4.79 Å². The number of rotatable bonds is 3. The third-order valence-electron chi connectivity index (χ3n) is 4.73. The first-order valence-corrected chi connectivity index (χ1v) is 8.01. The number of thioether (sulfide) groups is 1. The summed E-state index contributed by atoms with van der Waals surface area (Å²) in [6.07, 6.45) is 6.80. The van der Waals surface area contributed by atoms with Gasteiger partial charge in [-0.05, 0) is 43.7 Å². The van der Waals surface area contributed by atoms with Crippen LogP contribution in [0.4, 0.5) is 0 Å². The molecule has 96 valence electrons. The summed E-state index contributed by atoms with van der Waals surface area (Å²) >= 11 is 1.93. The number of hydrogen-bond donors (Lipinski definition) is 0. The Balaban J connectivity index is 1.67. The van der Waals surface area contributed by atoms with Gasteiger partial charge in [0.25, 0.3) is 0 Å². The maximum absolute atomic E-state index is 12.2. The minimum Gasteiger partial charge on any atom is -0.299 e. The molecule has 2 fully saturated rings. The molecule has 1 nitrogen and oxygen atoms in total. The lowest BCUT2D eigenvalue weighted by atomic mass is 9.76. The molecule has 2 aliphatic carbocycles. The van der Waals surface area contributed by atoms with Crippen molar-refractivity contribution in [3.05, 3.63) is 30.3 Å². The number of hydrogen-bond acceptors (Lipinski definition) is 2. The highest BCUT2D eigenvalue weighted by atomic mass is 32.2. The Morgan fingerprint density at radius 1 is 1.17 bits per heavy atom. The van der Waals surface area contributed by atoms with Crippen molar-refractivity contribution >= 4 is 17.5 Å². The molecule has 0 N–H and O–H groups in total. The third-order valence-corrected chi connectivity index (χ3v) is 5.91. The Morgan fingerprint density at radius 3 is 2.67 bits per heavy atom. The van der Waals surface area contributed by atoms with Gasteiger partial charge in [-0.1, -0.05) is 24.6 Å². The van der Waals surface area contributed by atoms with Crippen LogP contribution >= 0.6 is 11.8 Å². The summed E-state index contributed by atoms with van der Waals surface area (Å²) in [6, 6.07) is 10.6. The molecule has 0 heterocycles. The lowest BCUT2D eigenvalue weighted by Crippen LogP contribution is -2.31. The summed E-state index contributed by atoms with van der Waals surface area (Å²) in [5.74, 6) is 2.31. The van der Waals surface area contributed by atoms with Crippen LogP contribution in [0.1, 0.15) is 38.5 Å². The van der Waals surface area contributed by atoms with Crippen molar-refractivity contribution in [2.45, 2.75) is 43.4 Å². The van der Waals surface area contributed by atoms with Crippen molar-refractivity contribution in [2.75, 3.05) is 5.75 Å². The molecule has 3 rings (SSSR count). The van der Waals surface area contributed by atoms with E-state index < -0.39 is 0 Å². The minimum absolute atomic E-state index is 0.0851. The monoisotopic (exact) mass is 260 g/mol. The normalized spacial score (nSPS) is 31.3. The van der Waals surface area contributed by atoms with Gasteiger partial charge >= 0.3 is 0 Å². The number of carbonyl (C=O) groups is 1. The first-order valence-electron chi connectivity index (χ1n) is 7.02. The summed E-state index contributed by atoms with van der Waals surface area (Å²) in [5.41, 5.74) is 0.0851. The highest BCUT2D eigenvalue weighted by Crippen LogP contribution is 2.53. The Morgan fingerprint density at radius 2 is 1.94 bits per heavy atom. The Labute approximate surface area is 113 Å². The molecule has 2 atom stereocenters. The van der Waals surface area contributed by atoms with E-state index in [2.05, 4.69) is 30.3 Å².